The van der Waals surface area contributed by atoms with Gasteiger partial charge in [0.15, 0.2) is 0 Å². The van der Waals surface area contributed by atoms with E-state index in [-0.39, 0.29) is 5.78 Å². The van der Waals surface area contributed by atoms with Crippen LogP contribution in [-0.4, -0.2) is 29.3 Å². The molecule has 4 heteroatoms. The normalized spacial score (nSPS) is 10.6. The third kappa shape index (κ3) is 3.61. The topological polar surface area (TPSA) is 46.1 Å². The van der Waals surface area contributed by atoms with E-state index >= 15 is 0 Å². The number of rotatable bonds is 5. The summed E-state index contributed by atoms with van der Waals surface area (Å²) >= 11 is 0. The van der Waals surface area contributed by atoms with Crippen LogP contribution in [-0.2, 0) is 4.79 Å². The Morgan fingerprint density at radius 1 is 1.38 bits per heavy atom. The molecule has 4 nitrogen and oxygen atoms in total. The van der Waals surface area contributed by atoms with Crippen molar-refractivity contribution in [2.45, 2.75) is 33.1 Å². The van der Waals surface area contributed by atoms with Crippen LogP contribution >= 0.6 is 0 Å². The zero-order valence-electron chi connectivity index (χ0n) is 10.4. The number of nitrogens with zero attached hydrogens (tertiary/aromatic N) is 3. The minimum atomic E-state index is 0.186. The van der Waals surface area contributed by atoms with Gasteiger partial charge < -0.3 is 4.90 Å². The van der Waals surface area contributed by atoms with E-state index in [0.717, 1.165) is 5.56 Å². The molecule has 0 spiro atoms. The first-order chi connectivity index (χ1) is 7.50. The Labute approximate surface area is 96.7 Å². The lowest BCUT2D eigenvalue weighted by atomic mass is 10.1. The molecule has 1 heterocycles. The molecule has 0 radical (unpaired) electrons. The molecule has 1 aromatic rings. The molecule has 1 rings (SSSR count). The van der Waals surface area contributed by atoms with Gasteiger partial charge in [0.25, 0.3) is 0 Å². The maximum Gasteiger partial charge on any atom is 0.225 e. The van der Waals surface area contributed by atoms with Gasteiger partial charge in [-0.15, -0.1) is 0 Å². The summed E-state index contributed by atoms with van der Waals surface area (Å²) in [6.07, 6.45) is 4.22. The Bertz CT molecular complexity index is 346. The molecule has 0 saturated heterocycles. The minimum Gasteiger partial charge on any atom is -0.343 e. The van der Waals surface area contributed by atoms with Crippen molar-refractivity contribution in [3.05, 3.63) is 18.0 Å². The summed E-state index contributed by atoms with van der Waals surface area (Å²) in [4.78, 5) is 21.3. The van der Waals surface area contributed by atoms with Crippen molar-refractivity contribution in [2.24, 2.45) is 0 Å². The molecule has 0 amide bonds. The number of hydrogen-bond donors (Lipinski definition) is 0. The smallest absolute Gasteiger partial charge is 0.225 e. The van der Waals surface area contributed by atoms with Crippen molar-refractivity contribution in [1.29, 1.82) is 0 Å². The number of aromatic nitrogens is 2. The predicted octanol–water partition coefficient (Wildman–Crippen LogP) is 2.02. The van der Waals surface area contributed by atoms with Gasteiger partial charge in [-0.3, -0.25) is 4.79 Å². The Morgan fingerprint density at radius 3 is 2.38 bits per heavy atom. The molecule has 0 aliphatic heterocycles. The van der Waals surface area contributed by atoms with Gasteiger partial charge in [0.2, 0.25) is 5.95 Å². The maximum absolute atomic E-state index is 10.9. The van der Waals surface area contributed by atoms with Gasteiger partial charge in [-0.05, 0) is 18.4 Å². The van der Waals surface area contributed by atoms with Gasteiger partial charge in [-0.2, -0.15) is 0 Å². The molecule has 0 bridgehead atoms. The Hall–Kier alpha value is -1.45. The first kappa shape index (κ1) is 12.6. The molecule has 88 valence electrons. The zero-order chi connectivity index (χ0) is 12.1. The highest BCUT2D eigenvalue weighted by Crippen LogP contribution is 2.13. The average molecular weight is 221 g/mol. The van der Waals surface area contributed by atoms with Gasteiger partial charge in [0.1, 0.15) is 5.78 Å². The van der Waals surface area contributed by atoms with Crippen molar-refractivity contribution in [1.82, 2.24) is 9.97 Å². The first-order valence-electron chi connectivity index (χ1n) is 5.53. The van der Waals surface area contributed by atoms with Crippen LogP contribution in [0.25, 0.3) is 0 Å². The second-order valence-corrected chi connectivity index (χ2v) is 4.34. The summed E-state index contributed by atoms with van der Waals surface area (Å²) in [6.45, 7) is 6.47. The zero-order valence-corrected chi connectivity index (χ0v) is 10.4. The van der Waals surface area contributed by atoms with Crippen LogP contribution in [0.1, 0.15) is 38.7 Å². The summed E-state index contributed by atoms with van der Waals surface area (Å²) in [5.41, 5.74) is 1.13. The van der Waals surface area contributed by atoms with Gasteiger partial charge in [0, 0.05) is 32.4 Å². The number of ketones is 1. The van der Waals surface area contributed by atoms with Gasteiger partial charge in [-0.1, -0.05) is 13.8 Å². The highest BCUT2D eigenvalue weighted by atomic mass is 16.1. The van der Waals surface area contributed by atoms with Crippen molar-refractivity contribution in [3.8, 4) is 0 Å². The fraction of sp³-hybridized carbons (Fsp3) is 0.583. The molecular weight excluding hydrogens is 202 g/mol. The van der Waals surface area contributed by atoms with E-state index in [2.05, 4.69) is 23.8 Å². The van der Waals surface area contributed by atoms with E-state index in [1.54, 1.807) is 6.92 Å². The molecule has 16 heavy (non-hydrogen) atoms. The average Bonchev–Trinajstić information content (AvgIpc) is 2.26. The SMILES string of the molecule is CC(=O)CCN(C)c1ncc(C(C)C)cn1. The van der Waals surface area contributed by atoms with E-state index < -0.39 is 0 Å². The van der Waals surface area contributed by atoms with E-state index in [9.17, 15) is 4.79 Å². The Balaban J connectivity index is 2.62. The summed E-state index contributed by atoms with van der Waals surface area (Å²) in [5, 5.41) is 0. The second kappa shape index (κ2) is 5.58. The molecule has 0 saturated carbocycles. The second-order valence-electron chi connectivity index (χ2n) is 4.34. The van der Waals surface area contributed by atoms with Crippen LogP contribution in [0.5, 0.6) is 0 Å². The van der Waals surface area contributed by atoms with Crippen molar-refractivity contribution < 1.29 is 4.79 Å². The van der Waals surface area contributed by atoms with Crippen LogP contribution in [0, 0.1) is 0 Å². The molecule has 0 aliphatic rings. The highest BCUT2D eigenvalue weighted by Gasteiger charge is 2.06. The number of hydrogen-bond acceptors (Lipinski definition) is 4. The predicted molar refractivity (Wildman–Crippen MR) is 64.7 cm³/mol. The fourth-order valence-corrected chi connectivity index (χ4v) is 1.25. The molecular formula is C12H19N3O. The largest absolute Gasteiger partial charge is 0.343 e. The number of anilines is 1. The van der Waals surface area contributed by atoms with E-state index in [1.165, 1.54) is 0 Å². The standard InChI is InChI=1S/C12H19N3O/c1-9(2)11-7-13-12(14-8-11)15(4)6-5-10(3)16/h7-9H,5-6H2,1-4H3. The summed E-state index contributed by atoms with van der Waals surface area (Å²) < 4.78 is 0. The van der Waals surface area contributed by atoms with Crippen molar-refractivity contribution in [2.75, 3.05) is 18.5 Å². The molecule has 0 aliphatic carbocycles. The molecule has 0 fully saturated rings. The van der Waals surface area contributed by atoms with Gasteiger partial charge >= 0.3 is 0 Å². The summed E-state index contributed by atoms with van der Waals surface area (Å²) in [7, 11) is 1.90. The van der Waals surface area contributed by atoms with E-state index in [1.807, 2.05) is 24.3 Å². The quantitative estimate of drug-likeness (QED) is 0.763. The van der Waals surface area contributed by atoms with E-state index in [0.29, 0.717) is 24.8 Å². The van der Waals surface area contributed by atoms with Crippen molar-refractivity contribution in [3.63, 3.8) is 0 Å². The van der Waals surface area contributed by atoms with Gasteiger partial charge in [-0.25, -0.2) is 9.97 Å². The molecule has 0 aromatic carbocycles. The Morgan fingerprint density at radius 2 is 1.94 bits per heavy atom. The lowest BCUT2D eigenvalue weighted by Crippen LogP contribution is -2.22. The van der Waals surface area contributed by atoms with Gasteiger partial charge in [0.05, 0.1) is 0 Å². The van der Waals surface area contributed by atoms with Crippen LogP contribution in [0.15, 0.2) is 12.4 Å². The minimum absolute atomic E-state index is 0.186. The molecule has 1 aromatic heterocycles. The first-order valence-corrected chi connectivity index (χ1v) is 5.53. The third-order valence-corrected chi connectivity index (χ3v) is 2.47. The monoisotopic (exact) mass is 221 g/mol. The number of Topliss-reactive ketones (excluding diaryl/α,β-unsaturated/α-hetero) is 1. The van der Waals surface area contributed by atoms with Crippen molar-refractivity contribution >= 4 is 11.7 Å². The molecule has 0 N–H and O–H groups in total. The molecule has 0 unspecified atom stereocenters. The number of carbonyl (C=O) groups excluding carboxylic acids is 1. The lowest BCUT2D eigenvalue weighted by molar-refractivity contribution is -0.116. The lowest BCUT2D eigenvalue weighted by Gasteiger charge is -2.16. The van der Waals surface area contributed by atoms with Crippen LogP contribution in [0.3, 0.4) is 0 Å². The summed E-state index contributed by atoms with van der Waals surface area (Å²) in [6, 6.07) is 0. The Kier molecular flexibility index (Phi) is 4.40. The fourth-order valence-electron chi connectivity index (χ4n) is 1.25. The maximum atomic E-state index is 10.9. The van der Waals surface area contributed by atoms with E-state index in [4.69, 9.17) is 0 Å². The summed E-state index contributed by atoms with van der Waals surface area (Å²) in [5.74, 6) is 1.30. The van der Waals surface area contributed by atoms with Crippen LogP contribution in [0.2, 0.25) is 0 Å². The third-order valence-electron chi connectivity index (χ3n) is 2.47. The molecule has 0 atom stereocenters. The number of carbonyl (C=O) groups is 1. The highest BCUT2D eigenvalue weighted by molar-refractivity contribution is 5.75. The van der Waals surface area contributed by atoms with Crippen LogP contribution in [0.4, 0.5) is 5.95 Å². The van der Waals surface area contributed by atoms with Crippen LogP contribution < -0.4 is 4.90 Å².